The molecule has 0 aromatic carbocycles. The van der Waals surface area contributed by atoms with E-state index < -0.39 is 0 Å². The van der Waals surface area contributed by atoms with E-state index in [9.17, 15) is 0 Å². The van der Waals surface area contributed by atoms with Crippen LogP contribution in [0, 0.1) is 0 Å². The predicted molar refractivity (Wildman–Crippen MR) is 41.0 cm³/mol. The summed E-state index contributed by atoms with van der Waals surface area (Å²) in [6, 6.07) is 3.41. The lowest BCUT2D eigenvalue weighted by Gasteiger charge is -1.99. The molecule has 1 aromatic rings. The second-order valence-electron chi connectivity index (χ2n) is 2.03. The number of nitrogen functional groups attached to an aromatic ring is 2. The Labute approximate surface area is 59.0 Å². The van der Waals surface area contributed by atoms with Crippen molar-refractivity contribution in [1.82, 2.24) is 4.98 Å². The van der Waals surface area contributed by atoms with Gasteiger partial charge in [-0.1, -0.05) is 0 Å². The van der Waals surface area contributed by atoms with E-state index in [1.54, 1.807) is 12.1 Å². The van der Waals surface area contributed by atoms with Crippen LogP contribution in [-0.4, -0.2) is 4.98 Å². The molecule has 0 bridgehead atoms. The summed E-state index contributed by atoms with van der Waals surface area (Å²) < 4.78 is 0. The Kier molecular flexibility index (Phi) is 1.73. The molecule has 1 aromatic heterocycles. The molecule has 0 spiro atoms. The quantitative estimate of drug-likeness (QED) is 0.497. The molecule has 6 N–H and O–H groups in total. The Bertz CT molecular complexity index is 213. The molecule has 1 heterocycles. The van der Waals surface area contributed by atoms with Gasteiger partial charge >= 0.3 is 0 Å². The Morgan fingerprint density at radius 1 is 1.20 bits per heavy atom. The smallest absolute Gasteiger partial charge is 0.126 e. The maximum atomic E-state index is 5.39. The SMILES string of the molecule is NCc1cc(N)nc(N)c1. The molecule has 0 aliphatic carbocycles. The van der Waals surface area contributed by atoms with E-state index in [-0.39, 0.29) is 0 Å². The molecule has 10 heavy (non-hydrogen) atoms. The average molecular weight is 138 g/mol. The fourth-order valence-electron chi connectivity index (χ4n) is 0.753. The highest BCUT2D eigenvalue weighted by molar-refractivity contribution is 5.43. The summed E-state index contributed by atoms with van der Waals surface area (Å²) in [5, 5.41) is 0. The third-order valence-electron chi connectivity index (χ3n) is 1.16. The van der Waals surface area contributed by atoms with Crippen molar-refractivity contribution in [2.24, 2.45) is 5.73 Å². The molecule has 0 aliphatic rings. The maximum absolute atomic E-state index is 5.39. The van der Waals surface area contributed by atoms with E-state index in [1.165, 1.54) is 0 Å². The molecular weight excluding hydrogens is 128 g/mol. The lowest BCUT2D eigenvalue weighted by molar-refractivity contribution is 1.06. The van der Waals surface area contributed by atoms with Gasteiger partial charge in [-0.25, -0.2) is 4.98 Å². The normalized spacial score (nSPS) is 9.70. The van der Waals surface area contributed by atoms with E-state index in [1.807, 2.05) is 0 Å². The summed E-state index contributed by atoms with van der Waals surface area (Å²) in [4.78, 5) is 3.78. The predicted octanol–water partition coefficient (Wildman–Crippen LogP) is -0.295. The van der Waals surface area contributed by atoms with Crippen LogP contribution in [0.3, 0.4) is 0 Å². The van der Waals surface area contributed by atoms with Crippen molar-refractivity contribution in [3.63, 3.8) is 0 Å². The van der Waals surface area contributed by atoms with Crippen molar-refractivity contribution >= 4 is 11.6 Å². The zero-order valence-corrected chi connectivity index (χ0v) is 5.54. The van der Waals surface area contributed by atoms with Gasteiger partial charge in [-0.2, -0.15) is 0 Å². The van der Waals surface area contributed by atoms with Crippen molar-refractivity contribution in [2.45, 2.75) is 6.54 Å². The van der Waals surface area contributed by atoms with Crippen LogP contribution in [0.2, 0.25) is 0 Å². The molecule has 0 saturated carbocycles. The van der Waals surface area contributed by atoms with E-state index in [4.69, 9.17) is 17.2 Å². The minimum absolute atomic E-state index is 0.417. The summed E-state index contributed by atoms with van der Waals surface area (Å²) in [5.74, 6) is 0.834. The van der Waals surface area contributed by atoms with Gasteiger partial charge in [0.2, 0.25) is 0 Å². The first-order valence-electron chi connectivity index (χ1n) is 2.94. The van der Waals surface area contributed by atoms with E-state index in [2.05, 4.69) is 4.98 Å². The van der Waals surface area contributed by atoms with Crippen LogP contribution >= 0.6 is 0 Å². The van der Waals surface area contributed by atoms with E-state index in [0.717, 1.165) is 5.56 Å². The lowest BCUT2D eigenvalue weighted by Crippen LogP contribution is -2.02. The van der Waals surface area contributed by atoms with Gasteiger partial charge in [0, 0.05) is 6.54 Å². The molecule has 1 rings (SSSR count). The first kappa shape index (κ1) is 6.82. The van der Waals surface area contributed by atoms with Crippen molar-refractivity contribution < 1.29 is 0 Å². The van der Waals surface area contributed by atoms with Crippen molar-refractivity contribution in [3.8, 4) is 0 Å². The molecule has 4 nitrogen and oxygen atoms in total. The van der Waals surface area contributed by atoms with E-state index in [0.29, 0.717) is 18.2 Å². The second kappa shape index (κ2) is 2.53. The largest absolute Gasteiger partial charge is 0.384 e. The Morgan fingerprint density at radius 3 is 2.10 bits per heavy atom. The highest BCUT2D eigenvalue weighted by Gasteiger charge is 1.93. The Hall–Kier alpha value is -1.29. The van der Waals surface area contributed by atoms with Gasteiger partial charge in [-0.3, -0.25) is 0 Å². The molecule has 54 valence electrons. The molecule has 0 radical (unpaired) electrons. The number of hydrogen-bond acceptors (Lipinski definition) is 4. The zero-order chi connectivity index (χ0) is 7.56. The monoisotopic (exact) mass is 138 g/mol. The minimum Gasteiger partial charge on any atom is -0.384 e. The number of aromatic nitrogens is 1. The first-order chi connectivity index (χ1) is 4.72. The molecule has 4 heteroatoms. The molecule has 0 atom stereocenters. The number of anilines is 2. The van der Waals surface area contributed by atoms with Gasteiger partial charge in [0.15, 0.2) is 0 Å². The van der Waals surface area contributed by atoms with Gasteiger partial charge in [0.25, 0.3) is 0 Å². The third-order valence-corrected chi connectivity index (χ3v) is 1.16. The topological polar surface area (TPSA) is 91.0 Å². The summed E-state index contributed by atoms with van der Waals surface area (Å²) in [6.07, 6.45) is 0. The lowest BCUT2D eigenvalue weighted by atomic mass is 10.2. The Balaban J connectivity index is 3.06. The molecule has 0 aliphatic heterocycles. The zero-order valence-electron chi connectivity index (χ0n) is 5.54. The van der Waals surface area contributed by atoms with Gasteiger partial charge in [0.1, 0.15) is 11.6 Å². The van der Waals surface area contributed by atoms with Crippen molar-refractivity contribution in [3.05, 3.63) is 17.7 Å². The highest BCUT2D eigenvalue weighted by Crippen LogP contribution is 2.07. The van der Waals surface area contributed by atoms with Gasteiger partial charge in [-0.15, -0.1) is 0 Å². The summed E-state index contributed by atoms with van der Waals surface area (Å²) in [6.45, 7) is 0.441. The van der Waals surface area contributed by atoms with Gasteiger partial charge in [-0.05, 0) is 17.7 Å². The number of pyridine rings is 1. The van der Waals surface area contributed by atoms with Crippen LogP contribution in [0.5, 0.6) is 0 Å². The third kappa shape index (κ3) is 1.35. The standard InChI is InChI=1S/C6H10N4/c7-3-4-1-5(8)10-6(9)2-4/h1-2H,3,7H2,(H4,8,9,10). The molecule has 0 fully saturated rings. The summed E-state index contributed by atoms with van der Waals surface area (Å²) in [7, 11) is 0. The molecule has 0 unspecified atom stereocenters. The number of hydrogen-bond donors (Lipinski definition) is 3. The van der Waals surface area contributed by atoms with Crippen LogP contribution in [0.25, 0.3) is 0 Å². The van der Waals surface area contributed by atoms with Crippen LogP contribution < -0.4 is 17.2 Å². The van der Waals surface area contributed by atoms with Crippen LogP contribution in [0.4, 0.5) is 11.6 Å². The highest BCUT2D eigenvalue weighted by atomic mass is 14.9. The number of nitrogens with two attached hydrogens (primary N) is 3. The maximum Gasteiger partial charge on any atom is 0.126 e. The number of rotatable bonds is 1. The molecular formula is C6H10N4. The molecule has 0 saturated heterocycles. The van der Waals surface area contributed by atoms with Crippen LogP contribution in [-0.2, 0) is 6.54 Å². The van der Waals surface area contributed by atoms with Crippen molar-refractivity contribution in [1.29, 1.82) is 0 Å². The van der Waals surface area contributed by atoms with Gasteiger partial charge in [0.05, 0.1) is 0 Å². The second-order valence-corrected chi connectivity index (χ2v) is 2.03. The minimum atomic E-state index is 0.417. The number of nitrogens with zero attached hydrogens (tertiary/aromatic N) is 1. The summed E-state index contributed by atoms with van der Waals surface area (Å²) >= 11 is 0. The summed E-state index contributed by atoms with van der Waals surface area (Å²) in [5.41, 5.74) is 17.0. The van der Waals surface area contributed by atoms with E-state index >= 15 is 0 Å². The fourth-order valence-corrected chi connectivity index (χ4v) is 0.753. The van der Waals surface area contributed by atoms with Gasteiger partial charge < -0.3 is 17.2 Å². The van der Waals surface area contributed by atoms with Crippen LogP contribution in [0.1, 0.15) is 5.56 Å². The Morgan fingerprint density at radius 2 is 1.70 bits per heavy atom. The van der Waals surface area contributed by atoms with Crippen molar-refractivity contribution in [2.75, 3.05) is 11.5 Å². The average Bonchev–Trinajstić information content (AvgIpc) is 1.85. The molecule has 0 amide bonds. The first-order valence-corrected chi connectivity index (χ1v) is 2.94. The van der Waals surface area contributed by atoms with Crippen LogP contribution in [0.15, 0.2) is 12.1 Å². The fraction of sp³-hybridized carbons (Fsp3) is 0.167.